The van der Waals surface area contributed by atoms with Crippen LogP contribution in [-0.4, -0.2) is 140 Å². The van der Waals surface area contributed by atoms with Crippen LogP contribution in [0, 0.1) is 0 Å². The van der Waals surface area contributed by atoms with Crippen molar-refractivity contribution in [3.05, 3.63) is 42.0 Å². The van der Waals surface area contributed by atoms with E-state index in [-0.39, 0.29) is 6.61 Å². The van der Waals surface area contributed by atoms with Crippen LogP contribution in [0.3, 0.4) is 0 Å². The second kappa shape index (κ2) is 15.3. The molecular weight excluding hydrogens is 564 g/mol. The largest absolute Gasteiger partial charge is 0.481 e. The van der Waals surface area contributed by atoms with Crippen molar-refractivity contribution in [1.29, 1.82) is 0 Å². The van der Waals surface area contributed by atoms with Crippen molar-refractivity contribution in [3.63, 3.8) is 0 Å². The van der Waals surface area contributed by atoms with E-state index in [1.54, 1.807) is 12.2 Å². The van der Waals surface area contributed by atoms with Crippen LogP contribution in [0.15, 0.2) is 36.4 Å². The summed E-state index contributed by atoms with van der Waals surface area (Å²) in [7, 11) is 0. The zero-order valence-corrected chi connectivity index (χ0v) is 22.8. The summed E-state index contributed by atoms with van der Waals surface area (Å²) in [5.41, 5.74) is -1.04. The molecule has 0 bridgehead atoms. The molecule has 2 fully saturated rings. The van der Waals surface area contributed by atoms with Gasteiger partial charge in [-0.3, -0.25) is 9.59 Å². The number of carbonyl (C=O) groups is 2. The number of carbonyl (C=O) groups excluding carboxylic acids is 1. The van der Waals surface area contributed by atoms with Crippen LogP contribution >= 0.6 is 0 Å². The van der Waals surface area contributed by atoms with Gasteiger partial charge in [-0.15, -0.1) is 0 Å². The van der Waals surface area contributed by atoms with Gasteiger partial charge in [0.1, 0.15) is 55.4 Å². The van der Waals surface area contributed by atoms with Crippen LogP contribution in [-0.2, 0) is 33.3 Å². The Morgan fingerprint density at radius 1 is 0.905 bits per heavy atom. The van der Waals surface area contributed by atoms with Gasteiger partial charge in [0.15, 0.2) is 12.6 Å². The number of hydrogen-bond donors (Lipinski definition) is 8. The molecule has 1 aromatic carbocycles. The highest BCUT2D eigenvalue weighted by molar-refractivity contribution is 5.73. The summed E-state index contributed by atoms with van der Waals surface area (Å²) in [6.45, 7) is -0.321. The molecule has 8 N–H and O–H groups in total. The van der Waals surface area contributed by atoms with Crippen molar-refractivity contribution >= 4 is 18.0 Å². The van der Waals surface area contributed by atoms with E-state index in [1.165, 1.54) is 0 Å². The van der Waals surface area contributed by atoms with E-state index in [2.05, 4.69) is 0 Å². The highest BCUT2D eigenvalue weighted by Crippen LogP contribution is 2.30. The molecule has 42 heavy (non-hydrogen) atoms. The summed E-state index contributed by atoms with van der Waals surface area (Å²) < 4.78 is 27.4. The minimum absolute atomic E-state index is 0.0634. The maximum Gasteiger partial charge on any atom is 0.308 e. The SMILES string of the molecule is C[C@](O)(CC(=O)O)CC(=O)OC[C@H]1O[C@@H](OC/C=C/c2ccccc2)[C@H](O)[C@@H](O)[C@@H]1O[C@@H]1O[C@H](CO)[C@@H](O)[C@H](O)[C@H]1O. The molecule has 1 aromatic rings. The average molecular weight is 603 g/mol. The van der Waals surface area contributed by atoms with E-state index in [0.717, 1.165) is 12.5 Å². The maximum atomic E-state index is 12.4. The molecule has 0 spiro atoms. The number of aliphatic carboxylic acids is 1. The van der Waals surface area contributed by atoms with Gasteiger partial charge in [-0.2, -0.15) is 0 Å². The molecule has 0 unspecified atom stereocenters. The summed E-state index contributed by atoms with van der Waals surface area (Å²) in [5.74, 6) is -2.35. The Morgan fingerprint density at radius 3 is 2.19 bits per heavy atom. The van der Waals surface area contributed by atoms with E-state index in [4.69, 9.17) is 28.8 Å². The quantitative estimate of drug-likeness (QED) is 0.109. The number of ether oxygens (including phenoxy) is 5. The zero-order chi connectivity index (χ0) is 31.0. The van der Waals surface area contributed by atoms with Gasteiger partial charge < -0.3 is 64.5 Å². The highest BCUT2D eigenvalue weighted by Gasteiger charge is 2.51. The third-order valence-electron chi connectivity index (χ3n) is 6.71. The summed E-state index contributed by atoms with van der Waals surface area (Å²) in [6, 6.07) is 9.24. The number of esters is 1. The molecule has 2 aliphatic rings. The molecule has 15 heteroatoms. The summed E-state index contributed by atoms with van der Waals surface area (Å²) in [4.78, 5) is 23.3. The number of carboxylic acids is 1. The van der Waals surface area contributed by atoms with Crippen LogP contribution in [0.25, 0.3) is 6.08 Å². The average Bonchev–Trinajstić information content (AvgIpc) is 2.93. The van der Waals surface area contributed by atoms with Crippen LogP contribution in [0.4, 0.5) is 0 Å². The highest BCUT2D eigenvalue weighted by atomic mass is 16.7. The van der Waals surface area contributed by atoms with E-state index < -0.39 is 105 Å². The van der Waals surface area contributed by atoms with Crippen molar-refractivity contribution in [2.24, 2.45) is 0 Å². The number of aliphatic hydroxyl groups is 7. The Morgan fingerprint density at radius 2 is 1.55 bits per heavy atom. The number of aliphatic hydroxyl groups excluding tert-OH is 6. The maximum absolute atomic E-state index is 12.4. The predicted molar refractivity (Wildman–Crippen MR) is 139 cm³/mol. The molecule has 3 rings (SSSR count). The van der Waals surface area contributed by atoms with E-state index >= 15 is 0 Å². The fourth-order valence-electron chi connectivity index (χ4n) is 4.50. The van der Waals surface area contributed by atoms with Gasteiger partial charge in [0.2, 0.25) is 0 Å². The van der Waals surface area contributed by atoms with Gasteiger partial charge in [0.05, 0.1) is 31.7 Å². The number of hydrogen-bond acceptors (Lipinski definition) is 14. The Kier molecular flexibility index (Phi) is 12.3. The lowest BCUT2D eigenvalue weighted by Gasteiger charge is -2.46. The molecule has 0 aliphatic carbocycles. The van der Waals surface area contributed by atoms with Gasteiger partial charge in [-0.05, 0) is 12.5 Å². The molecule has 2 saturated heterocycles. The molecule has 0 amide bonds. The molecule has 11 atom stereocenters. The number of carboxylic acid groups (broad SMARTS) is 1. The topological polar surface area (TPSA) is 242 Å². The molecule has 0 aromatic heterocycles. The van der Waals surface area contributed by atoms with Gasteiger partial charge >= 0.3 is 11.9 Å². The van der Waals surface area contributed by atoms with Gasteiger partial charge in [0.25, 0.3) is 0 Å². The first-order valence-corrected chi connectivity index (χ1v) is 13.2. The Bertz CT molecular complexity index is 1030. The minimum atomic E-state index is -1.92. The Hall–Kier alpha value is -2.54. The smallest absolute Gasteiger partial charge is 0.308 e. The van der Waals surface area contributed by atoms with Crippen molar-refractivity contribution in [3.8, 4) is 0 Å². The Balaban J connectivity index is 1.72. The fraction of sp³-hybridized carbons (Fsp3) is 0.630. The van der Waals surface area contributed by atoms with Crippen LogP contribution < -0.4 is 0 Å². The monoisotopic (exact) mass is 602 g/mol. The first-order chi connectivity index (χ1) is 19.8. The van der Waals surface area contributed by atoms with Crippen LogP contribution in [0.2, 0.25) is 0 Å². The van der Waals surface area contributed by atoms with Crippen LogP contribution in [0.1, 0.15) is 25.3 Å². The normalized spacial score (nSPS) is 35.0. The molecule has 0 saturated carbocycles. The zero-order valence-electron chi connectivity index (χ0n) is 22.8. The van der Waals surface area contributed by atoms with Crippen molar-refractivity contribution < 1.29 is 74.1 Å². The van der Waals surface area contributed by atoms with E-state index in [9.17, 15) is 45.3 Å². The molecule has 236 valence electrons. The Labute approximate surface area is 241 Å². The van der Waals surface area contributed by atoms with Gasteiger partial charge in [-0.25, -0.2) is 0 Å². The molecule has 15 nitrogen and oxygen atoms in total. The van der Waals surface area contributed by atoms with E-state index in [1.807, 2.05) is 30.3 Å². The predicted octanol–water partition coefficient (Wildman–Crippen LogP) is -2.49. The summed E-state index contributed by atoms with van der Waals surface area (Å²) in [5, 5.41) is 80.7. The molecule has 2 aliphatic heterocycles. The summed E-state index contributed by atoms with van der Waals surface area (Å²) >= 11 is 0. The van der Waals surface area contributed by atoms with Crippen molar-refractivity contribution in [2.45, 2.75) is 86.8 Å². The second-order valence-corrected chi connectivity index (χ2v) is 10.4. The van der Waals surface area contributed by atoms with E-state index in [0.29, 0.717) is 0 Å². The molecular formula is C27H38O15. The third-order valence-corrected chi connectivity index (χ3v) is 6.71. The van der Waals surface area contributed by atoms with Crippen LogP contribution in [0.5, 0.6) is 0 Å². The third kappa shape index (κ3) is 9.23. The molecule has 2 heterocycles. The lowest BCUT2D eigenvalue weighted by atomic mass is 9.97. The van der Waals surface area contributed by atoms with Gasteiger partial charge in [0, 0.05) is 0 Å². The fourth-order valence-corrected chi connectivity index (χ4v) is 4.50. The first-order valence-electron chi connectivity index (χ1n) is 13.2. The lowest BCUT2D eigenvalue weighted by molar-refractivity contribution is -0.358. The molecule has 0 radical (unpaired) electrons. The van der Waals surface area contributed by atoms with Gasteiger partial charge in [-0.1, -0.05) is 42.5 Å². The summed E-state index contributed by atoms with van der Waals surface area (Å²) in [6.07, 6.45) is -14.3. The van der Waals surface area contributed by atoms with Crippen molar-refractivity contribution in [1.82, 2.24) is 0 Å². The first kappa shape index (κ1) is 34.0. The van der Waals surface area contributed by atoms with Crippen molar-refractivity contribution in [2.75, 3.05) is 19.8 Å². The standard InChI is InChI=1S/C27H38O15/c1-27(37,10-17(29)30)11-18(31)39-13-16-24(42-26-22(35)20(33)19(32)15(12-28)40-26)21(34)23(36)25(41-16)38-9-5-8-14-6-3-2-4-7-14/h2-8,15-16,19-26,28,32-37H,9-13H2,1H3,(H,29,30)/b8-5+/t15-,16-,19-,20+,21-,22-,23-,24-,25-,26+,27+/m1/s1. The minimum Gasteiger partial charge on any atom is -0.481 e. The second-order valence-electron chi connectivity index (χ2n) is 10.4. The number of benzene rings is 1. The lowest BCUT2D eigenvalue weighted by Crippen LogP contribution is -2.64. The number of rotatable bonds is 13.